The zero-order valence-corrected chi connectivity index (χ0v) is 8.95. The third kappa shape index (κ3) is 5.87. The maximum Gasteiger partial charge on any atom is 0.0431 e. The molecule has 1 aromatic rings. The molecule has 0 saturated carbocycles. The Balaban J connectivity index is 2.12. The first-order valence-electron chi connectivity index (χ1n) is 5.43. The number of aliphatic hydroxyl groups excluding tert-OH is 1. The van der Waals surface area contributed by atoms with E-state index in [0.29, 0.717) is 6.61 Å². The molecular formula is C13H17NO. The molecule has 2 heteroatoms. The Bertz CT molecular complexity index is 310. The van der Waals surface area contributed by atoms with Gasteiger partial charge < -0.3 is 5.11 Å². The van der Waals surface area contributed by atoms with Crippen LogP contribution in [-0.4, -0.2) is 16.7 Å². The fourth-order valence-corrected chi connectivity index (χ4v) is 1.28. The maximum absolute atomic E-state index is 8.58. The van der Waals surface area contributed by atoms with Crippen molar-refractivity contribution in [2.24, 2.45) is 0 Å². The van der Waals surface area contributed by atoms with E-state index >= 15 is 0 Å². The molecule has 0 radical (unpaired) electrons. The van der Waals surface area contributed by atoms with Crippen molar-refractivity contribution < 1.29 is 5.11 Å². The highest BCUT2D eigenvalue weighted by atomic mass is 16.2. The topological polar surface area (TPSA) is 33.1 Å². The van der Waals surface area contributed by atoms with E-state index in [9.17, 15) is 0 Å². The monoisotopic (exact) mass is 203 g/mol. The Morgan fingerprint density at radius 1 is 1.20 bits per heavy atom. The largest absolute Gasteiger partial charge is 0.396 e. The van der Waals surface area contributed by atoms with E-state index in [2.05, 4.69) is 16.8 Å². The SMILES string of the molecule is OCCCCCCC#Cc1cccnc1. The second-order valence-corrected chi connectivity index (χ2v) is 3.43. The van der Waals surface area contributed by atoms with Gasteiger partial charge in [-0.25, -0.2) is 0 Å². The minimum atomic E-state index is 0.307. The number of aliphatic hydroxyl groups is 1. The van der Waals surface area contributed by atoms with Gasteiger partial charge in [-0.15, -0.1) is 0 Å². The highest BCUT2D eigenvalue weighted by molar-refractivity contribution is 5.30. The van der Waals surface area contributed by atoms with Crippen LogP contribution in [0.25, 0.3) is 0 Å². The summed E-state index contributed by atoms with van der Waals surface area (Å²) < 4.78 is 0. The van der Waals surface area contributed by atoms with Crippen LogP contribution in [0.3, 0.4) is 0 Å². The van der Waals surface area contributed by atoms with E-state index in [1.807, 2.05) is 12.1 Å². The molecule has 0 amide bonds. The molecule has 0 aliphatic heterocycles. The number of unbranched alkanes of at least 4 members (excludes halogenated alkanes) is 4. The van der Waals surface area contributed by atoms with Gasteiger partial charge in [-0.2, -0.15) is 0 Å². The van der Waals surface area contributed by atoms with Crippen LogP contribution >= 0.6 is 0 Å². The summed E-state index contributed by atoms with van der Waals surface area (Å²) in [6.07, 6.45) is 8.75. The fourth-order valence-electron chi connectivity index (χ4n) is 1.28. The van der Waals surface area contributed by atoms with Crippen molar-refractivity contribution >= 4 is 0 Å². The summed E-state index contributed by atoms with van der Waals surface area (Å²) in [5, 5.41) is 8.58. The van der Waals surface area contributed by atoms with Gasteiger partial charge in [0.05, 0.1) is 0 Å². The molecule has 0 saturated heterocycles. The second kappa shape index (κ2) is 8.02. The molecule has 0 spiro atoms. The van der Waals surface area contributed by atoms with Crippen molar-refractivity contribution in [3.8, 4) is 11.8 Å². The predicted molar refractivity (Wildman–Crippen MR) is 61.3 cm³/mol. The summed E-state index contributed by atoms with van der Waals surface area (Å²) in [7, 11) is 0. The summed E-state index contributed by atoms with van der Waals surface area (Å²) in [6, 6.07) is 3.86. The molecule has 0 atom stereocenters. The first kappa shape index (κ1) is 11.7. The molecule has 2 nitrogen and oxygen atoms in total. The number of hydrogen-bond acceptors (Lipinski definition) is 2. The van der Waals surface area contributed by atoms with E-state index in [-0.39, 0.29) is 0 Å². The van der Waals surface area contributed by atoms with E-state index in [4.69, 9.17) is 5.11 Å². The molecule has 1 aromatic heterocycles. The quantitative estimate of drug-likeness (QED) is 0.588. The third-order valence-corrected chi connectivity index (χ3v) is 2.10. The lowest BCUT2D eigenvalue weighted by molar-refractivity contribution is 0.282. The highest BCUT2D eigenvalue weighted by Gasteiger charge is 1.87. The number of rotatable bonds is 5. The number of aromatic nitrogens is 1. The summed E-state index contributed by atoms with van der Waals surface area (Å²) >= 11 is 0. The molecule has 1 N–H and O–H groups in total. The van der Waals surface area contributed by atoms with Crippen molar-refractivity contribution in [2.75, 3.05) is 6.61 Å². The average Bonchev–Trinajstić information content (AvgIpc) is 2.29. The average molecular weight is 203 g/mol. The molecule has 0 aromatic carbocycles. The van der Waals surface area contributed by atoms with Crippen LogP contribution in [0.1, 0.15) is 37.7 Å². The minimum Gasteiger partial charge on any atom is -0.396 e. The van der Waals surface area contributed by atoms with Crippen LogP contribution in [0.5, 0.6) is 0 Å². The normalized spacial score (nSPS) is 9.40. The Morgan fingerprint density at radius 2 is 2.07 bits per heavy atom. The van der Waals surface area contributed by atoms with Gasteiger partial charge >= 0.3 is 0 Å². The van der Waals surface area contributed by atoms with Gasteiger partial charge in [0.1, 0.15) is 0 Å². The molecule has 80 valence electrons. The van der Waals surface area contributed by atoms with Crippen LogP contribution in [0.15, 0.2) is 24.5 Å². The number of hydrogen-bond donors (Lipinski definition) is 1. The van der Waals surface area contributed by atoms with E-state index in [1.54, 1.807) is 12.4 Å². The van der Waals surface area contributed by atoms with E-state index in [0.717, 1.165) is 37.7 Å². The van der Waals surface area contributed by atoms with Crippen molar-refractivity contribution in [1.29, 1.82) is 0 Å². The molecule has 0 unspecified atom stereocenters. The molecule has 0 aliphatic rings. The molecule has 0 fully saturated rings. The van der Waals surface area contributed by atoms with Crippen LogP contribution < -0.4 is 0 Å². The number of pyridine rings is 1. The maximum atomic E-state index is 8.58. The van der Waals surface area contributed by atoms with Gasteiger partial charge in [-0.3, -0.25) is 4.98 Å². The first-order valence-corrected chi connectivity index (χ1v) is 5.43. The van der Waals surface area contributed by atoms with Crippen LogP contribution in [0.2, 0.25) is 0 Å². The minimum absolute atomic E-state index is 0.307. The van der Waals surface area contributed by atoms with Gasteiger partial charge in [-0.1, -0.05) is 24.7 Å². The Labute approximate surface area is 91.4 Å². The molecular weight excluding hydrogens is 186 g/mol. The van der Waals surface area contributed by atoms with Crippen LogP contribution in [-0.2, 0) is 0 Å². The smallest absolute Gasteiger partial charge is 0.0431 e. The van der Waals surface area contributed by atoms with Crippen molar-refractivity contribution in [3.63, 3.8) is 0 Å². The van der Waals surface area contributed by atoms with Crippen LogP contribution in [0.4, 0.5) is 0 Å². The Kier molecular flexibility index (Phi) is 6.28. The van der Waals surface area contributed by atoms with Gasteiger partial charge in [0.15, 0.2) is 0 Å². The van der Waals surface area contributed by atoms with Crippen molar-refractivity contribution in [3.05, 3.63) is 30.1 Å². The van der Waals surface area contributed by atoms with E-state index < -0.39 is 0 Å². The number of nitrogens with zero attached hydrogens (tertiary/aromatic N) is 1. The zero-order valence-electron chi connectivity index (χ0n) is 8.95. The Morgan fingerprint density at radius 3 is 2.80 bits per heavy atom. The Hall–Kier alpha value is -1.33. The molecule has 1 heterocycles. The third-order valence-electron chi connectivity index (χ3n) is 2.10. The van der Waals surface area contributed by atoms with Crippen molar-refractivity contribution in [1.82, 2.24) is 4.98 Å². The molecule has 15 heavy (non-hydrogen) atoms. The highest BCUT2D eigenvalue weighted by Crippen LogP contribution is 2.01. The molecule has 1 rings (SSSR count). The van der Waals surface area contributed by atoms with Crippen molar-refractivity contribution in [2.45, 2.75) is 32.1 Å². The lowest BCUT2D eigenvalue weighted by Crippen LogP contribution is -1.82. The van der Waals surface area contributed by atoms with Gasteiger partial charge in [-0.05, 0) is 25.0 Å². The lowest BCUT2D eigenvalue weighted by atomic mass is 10.1. The molecule has 0 bridgehead atoms. The summed E-state index contributed by atoms with van der Waals surface area (Å²) in [4.78, 5) is 3.99. The summed E-state index contributed by atoms with van der Waals surface area (Å²) in [5.74, 6) is 6.20. The second-order valence-electron chi connectivity index (χ2n) is 3.43. The summed E-state index contributed by atoms with van der Waals surface area (Å²) in [6.45, 7) is 0.307. The molecule has 0 aliphatic carbocycles. The zero-order chi connectivity index (χ0) is 10.8. The summed E-state index contributed by atoms with van der Waals surface area (Å²) in [5.41, 5.74) is 0.979. The fraction of sp³-hybridized carbons (Fsp3) is 0.462. The standard InChI is InChI=1S/C13H17NO/c15-11-6-4-2-1-3-5-8-13-9-7-10-14-12-13/h7,9-10,12,15H,1-4,6,11H2. The van der Waals surface area contributed by atoms with Gasteiger partial charge in [0.2, 0.25) is 0 Å². The predicted octanol–water partition coefficient (Wildman–Crippen LogP) is 2.38. The van der Waals surface area contributed by atoms with E-state index in [1.165, 1.54) is 0 Å². The van der Waals surface area contributed by atoms with Gasteiger partial charge in [0.25, 0.3) is 0 Å². The van der Waals surface area contributed by atoms with Crippen LogP contribution in [0, 0.1) is 11.8 Å². The van der Waals surface area contributed by atoms with Gasteiger partial charge in [0, 0.05) is 31.0 Å². The first-order chi connectivity index (χ1) is 7.43. The lowest BCUT2D eigenvalue weighted by Gasteiger charge is -1.94.